The predicted octanol–water partition coefficient (Wildman–Crippen LogP) is 4.38. The van der Waals surface area contributed by atoms with E-state index in [0.717, 1.165) is 6.07 Å². The molecule has 0 aliphatic rings. The van der Waals surface area contributed by atoms with E-state index in [1.165, 1.54) is 24.3 Å². The molecule has 0 saturated carbocycles. The van der Waals surface area contributed by atoms with Crippen molar-refractivity contribution in [1.29, 1.82) is 0 Å². The summed E-state index contributed by atoms with van der Waals surface area (Å²) < 4.78 is 13.2. The summed E-state index contributed by atoms with van der Waals surface area (Å²) in [5.74, 6) is -1.56. The van der Waals surface area contributed by atoms with Crippen LogP contribution in [0.25, 0.3) is 0 Å². The Morgan fingerprint density at radius 1 is 0.808 bits per heavy atom. The van der Waals surface area contributed by atoms with Gasteiger partial charge in [-0.25, -0.2) is 9.37 Å². The highest BCUT2D eigenvalue weighted by atomic mass is 35.5. The maximum Gasteiger partial charge on any atom is 0.274 e. The van der Waals surface area contributed by atoms with E-state index in [9.17, 15) is 14.0 Å². The minimum Gasteiger partial charge on any atom is -0.321 e. The normalized spacial score (nSPS) is 10.2. The van der Waals surface area contributed by atoms with Crippen molar-refractivity contribution in [3.05, 3.63) is 89.0 Å². The van der Waals surface area contributed by atoms with E-state index in [0.29, 0.717) is 11.4 Å². The van der Waals surface area contributed by atoms with Crippen LogP contribution in [0.1, 0.15) is 21.0 Å². The van der Waals surface area contributed by atoms with Gasteiger partial charge in [0.25, 0.3) is 11.8 Å². The van der Waals surface area contributed by atoms with Crippen LogP contribution in [0, 0.1) is 5.82 Å². The second kappa shape index (κ2) is 7.76. The van der Waals surface area contributed by atoms with Crippen molar-refractivity contribution in [2.75, 3.05) is 10.6 Å². The lowest BCUT2D eigenvalue weighted by Gasteiger charge is -2.08. The van der Waals surface area contributed by atoms with E-state index in [-0.39, 0.29) is 16.4 Å². The Hall–Kier alpha value is -3.25. The number of anilines is 2. The number of hydrogen-bond donors (Lipinski definition) is 2. The van der Waals surface area contributed by atoms with Crippen LogP contribution in [0.15, 0.2) is 66.7 Å². The lowest BCUT2D eigenvalue weighted by Crippen LogP contribution is -2.18. The molecule has 26 heavy (non-hydrogen) atoms. The van der Waals surface area contributed by atoms with Gasteiger partial charge in [-0.1, -0.05) is 35.9 Å². The van der Waals surface area contributed by atoms with Crippen LogP contribution in [0.2, 0.25) is 5.02 Å². The molecule has 3 aromatic rings. The van der Waals surface area contributed by atoms with Gasteiger partial charge in [0, 0.05) is 11.4 Å². The summed E-state index contributed by atoms with van der Waals surface area (Å²) in [5, 5.41) is 5.15. The summed E-state index contributed by atoms with van der Waals surface area (Å²) in [6.45, 7) is 0. The van der Waals surface area contributed by atoms with Gasteiger partial charge in [-0.3, -0.25) is 9.59 Å². The first-order chi connectivity index (χ1) is 12.5. The Morgan fingerprint density at radius 3 is 2.04 bits per heavy atom. The number of hydrogen-bond acceptors (Lipinski definition) is 3. The van der Waals surface area contributed by atoms with E-state index >= 15 is 0 Å². The first-order valence-electron chi connectivity index (χ1n) is 7.63. The largest absolute Gasteiger partial charge is 0.321 e. The Morgan fingerprint density at radius 2 is 1.42 bits per heavy atom. The van der Waals surface area contributed by atoms with Gasteiger partial charge in [-0.15, -0.1) is 0 Å². The molecule has 0 fully saturated rings. The maximum atomic E-state index is 13.2. The van der Waals surface area contributed by atoms with Crippen molar-refractivity contribution >= 4 is 34.8 Å². The van der Waals surface area contributed by atoms with Gasteiger partial charge in [-0.2, -0.15) is 0 Å². The lowest BCUT2D eigenvalue weighted by atomic mass is 10.2. The highest BCUT2D eigenvalue weighted by molar-refractivity contribution is 6.31. The van der Waals surface area contributed by atoms with Gasteiger partial charge in [0.05, 0.1) is 5.02 Å². The molecule has 2 N–H and O–H groups in total. The van der Waals surface area contributed by atoms with Gasteiger partial charge >= 0.3 is 0 Å². The van der Waals surface area contributed by atoms with Crippen molar-refractivity contribution < 1.29 is 14.0 Å². The van der Waals surface area contributed by atoms with Gasteiger partial charge < -0.3 is 10.6 Å². The zero-order valence-electron chi connectivity index (χ0n) is 13.4. The Balaban J connectivity index is 1.74. The topological polar surface area (TPSA) is 71.1 Å². The van der Waals surface area contributed by atoms with E-state index in [2.05, 4.69) is 15.6 Å². The van der Waals surface area contributed by atoms with Crippen LogP contribution in [-0.4, -0.2) is 16.8 Å². The second-order valence-corrected chi connectivity index (χ2v) is 5.72. The molecule has 2 amide bonds. The number of nitrogens with zero attached hydrogens (tertiary/aromatic N) is 1. The van der Waals surface area contributed by atoms with Crippen LogP contribution in [0.5, 0.6) is 0 Å². The zero-order valence-corrected chi connectivity index (χ0v) is 14.1. The molecule has 0 saturated heterocycles. The molecule has 0 spiro atoms. The first-order valence-corrected chi connectivity index (χ1v) is 8.00. The number of carbonyl (C=O) groups is 2. The number of rotatable bonds is 4. The smallest absolute Gasteiger partial charge is 0.274 e. The summed E-state index contributed by atoms with van der Waals surface area (Å²) >= 11 is 5.69. The molecule has 1 heterocycles. The molecule has 2 aromatic carbocycles. The van der Waals surface area contributed by atoms with Crippen LogP contribution < -0.4 is 10.6 Å². The molecule has 7 heteroatoms. The van der Waals surface area contributed by atoms with Crippen molar-refractivity contribution in [2.45, 2.75) is 0 Å². The van der Waals surface area contributed by atoms with E-state index < -0.39 is 17.6 Å². The second-order valence-electron chi connectivity index (χ2n) is 5.31. The summed E-state index contributed by atoms with van der Waals surface area (Å²) in [4.78, 5) is 28.6. The SMILES string of the molecule is O=C(Nc1ccccc1)c1cccc(C(=O)Nc2ccc(F)c(Cl)c2)n1. The van der Waals surface area contributed by atoms with Crippen molar-refractivity contribution in [2.24, 2.45) is 0 Å². The molecule has 0 bridgehead atoms. The third-order valence-electron chi connectivity index (χ3n) is 3.42. The zero-order chi connectivity index (χ0) is 18.5. The molecule has 3 rings (SSSR count). The standard InChI is InChI=1S/C19H13ClFN3O2/c20-14-11-13(9-10-15(14)21)23-19(26)17-8-4-7-16(24-17)18(25)22-12-5-2-1-3-6-12/h1-11H,(H,22,25)(H,23,26). The van der Waals surface area contributed by atoms with Gasteiger partial charge in [0.1, 0.15) is 17.2 Å². The molecule has 0 unspecified atom stereocenters. The molecule has 5 nitrogen and oxygen atoms in total. The van der Waals surface area contributed by atoms with Crippen molar-refractivity contribution in [1.82, 2.24) is 4.98 Å². The number of halogens is 2. The van der Waals surface area contributed by atoms with Crippen LogP contribution in [0.4, 0.5) is 15.8 Å². The number of pyridine rings is 1. The van der Waals surface area contributed by atoms with Gasteiger partial charge in [-0.05, 0) is 42.5 Å². The molecular formula is C19H13ClFN3O2. The fourth-order valence-corrected chi connectivity index (χ4v) is 2.35. The first kappa shape index (κ1) is 17.6. The molecule has 1 aromatic heterocycles. The number of aromatic nitrogens is 1. The quantitative estimate of drug-likeness (QED) is 0.717. The minimum absolute atomic E-state index is 0.0474. The summed E-state index contributed by atoms with van der Waals surface area (Å²) in [6, 6.07) is 17.3. The van der Waals surface area contributed by atoms with Gasteiger partial charge in [0.2, 0.25) is 0 Å². The minimum atomic E-state index is -0.581. The average Bonchev–Trinajstić information content (AvgIpc) is 2.65. The summed E-state index contributed by atoms with van der Waals surface area (Å²) in [7, 11) is 0. The summed E-state index contributed by atoms with van der Waals surface area (Å²) in [5.41, 5.74) is 1.09. The van der Waals surface area contributed by atoms with Crippen LogP contribution >= 0.6 is 11.6 Å². The number of carbonyl (C=O) groups excluding carboxylic acids is 2. The Bertz CT molecular complexity index is 964. The highest BCUT2D eigenvalue weighted by Gasteiger charge is 2.13. The molecule has 0 radical (unpaired) electrons. The number of nitrogens with one attached hydrogen (secondary N) is 2. The predicted molar refractivity (Wildman–Crippen MR) is 98.0 cm³/mol. The Labute approximate surface area is 153 Å². The molecule has 0 aliphatic heterocycles. The highest BCUT2D eigenvalue weighted by Crippen LogP contribution is 2.19. The molecule has 130 valence electrons. The van der Waals surface area contributed by atoms with Crippen molar-refractivity contribution in [3.8, 4) is 0 Å². The van der Waals surface area contributed by atoms with Crippen molar-refractivity contribution in [3.63, 3.8) is 0 Å². The average molecular weight is 370 g/mol. The van der Waals surface area contributed by atoms with Crippen LogP contribution in [-0.2, 0) is 0 Å². The van der Waals surface area contributed by atoms with E-state index in [4.69, 9.17) is 11.6 Å². The number of benzene rings is 2. The molecule has 0 atom stereocenters. The maximum absolute atomic E-state index is 13.2. The fraction of sp³-hybridized carbons (Fsp3) is 0. The summed E-state index contributed by atoms with van der Waals surface area (Å²) in [6.07, 6.45) is 0. The van der Waals surface area contributed by atoms with Gasteiger partial charge in [0.15, 0.2) is 0 Å². The monoisotopic (exact) mass is 369 g/mol. The molecular weight excluding hydrogens is 357 g/mol. The fourth-order valence-electron chi connectivity index (χ4n) is 2.17. The van der Waals surface area contributed by atoms with E-state index in [1.807, 2.05) is 6.07 Å². The number of para-hydroxylation sites is 1. The third-order valence-corrected chi connectivity index (χ3v) is 3.71. The van der Waals surface area contributed by atoms with Crippen LogP contribution in [0.3, 0.4) is 0 Å². The molecule has 0 aliphatic carbocycles. The third kappa shape index (κ3) is 4.23. The number of amides is 2. The lowest BCUT2D eigenvalue weighted by molar-refractivity contribution is 0.101. The van der Waals surface area contributed by atoms with E-state index in [1.54, 1.807) is 30.3 Å². The Kier molecular flexibility index (Phi) is 5.24.